The average molecular weight is 431 g/mol. The summed E-state index contributed by atoms with van der Waals surface area (Å²) >= 11 is 0. The molecule has 3 aromatic rings. The second-order valence-corrected chi connectivity index (χ2v) is 8.51. The van der Waals surface area contributed by atoms with Gasteiger partial charge < -0.3 is 4.52 Å². The third-order valence-electron chi connectivity index (χ3n) is 4.36. The van der Waals surface area contributed by atoms with Crippen LogP contribution in [-0.4, -0.2) is 19.8 Å². The number of aryl methyl sites for hydroxylation is 2. The smallest absolute Gasteiger partial charge is 0.360 e. The summed E-state index contributed by atoms with van der Waals surface area (Å²) in [7, 11) is -4.00. The normalized spacial score (nSPS) is 12.4. The number of nitrogens with zero attached hydrogens (tertiary/aromatic N) is 1. The van der Waals surface area contributed by atoms with E-state index in [0.29, 0.717) is 12.1 Å². The van der Waals surface area contributed by atoms with Gasteiger partial charge in [0.05, 0.1) is 11.1 Å². The molecule has 1 heterocycles. The Morgan fingerprint density at radius 3 is 2.21 bits per heavy atom. The van der Waals surface area contributed by atoms with Gasteiger partial charge in [-0.15, -0.1) is 0 Å². The number of hydrogen-bond donors (Lipinski definition) is 0. The van der Waals surface area contributed by atoms with Gasteiger partial charge in [0.25, 0.3) is 0 Å². The molecular weight excluding hydrogens is 417 g/mol. The van der Waals surface area contributed by atoms with E-state index in [1.54, 1.807) is 0 Å². The monoisotopic (exact) mass is 431 g/mol. The second-order valence-electron chi connectivity index (χ2n) is 6.52. The van der Waals surface area contributed by atoms with Crippen LogP contribution in [0.15, 0.2) is 39.8 Å². The number of sulfone groups is 1. The van der Waals surface area contributed by atoms with Gasteiger partial charge in [0, 0.05) is 17.4 Å². The summed E-state index contributed by atoms with van der Waals surface area (Å²) in [4.78, 5) is -0.806. The molecule has 0 saturated heterocycles. The summed E-state index contributed by atoms with van der Waals surface area (Å²) in [5.41, 5.74) is -1.01. The number of hydrogen-bond acceptors (Lipinski definition) is 4. The van der Waals surface area contributed by atoms with Gasteiger partial charge in [0.1, 0.15) is 28.0 Å². The van der Waals surface area contributed by atoms with E-state index in [0.717, 1.165) is 18.4 Å². The minimum absolute atomic E-state index is 0.00438. The third kappa shape index (κ3) is 3.89. The number of rotatable bonds is 3. The van der Waals surface area contributed by atoms with Gasteiger partial charge in [0.2, 0.25) is 0 Å². The minimum atomic E-state index is -4.54. The van der Waals surface area contributed by atoms with E-state index < -0.39 is 38.1 Å². The maximum absolute atomic E-state index is 14.6. The molecule has 0 spiro atoms. The van der Waals surface area contributed by atoms with Gasteiger partial charge in [-0.05, 0) is 43.7 Å². The van der Waals surface area contributed by atoms with Crippen molar-refractivity contribution < 1.29 is 34.9 Å². The first-order chi connectivity index (χ1) is 13.3. The Kier molecular flexibility index (Phi) is 5.02. The Hall–Kier alpha value is -2.75. The molecule has 0 atom stereocenters. The first kappa shape index (κ1) is 21.0. The van der Waals surface area contributed by atoms with Crippen molar-refractivity contribution in [2.45, 2.75) is 24.9 Å². The van der Waals surface area contributed by atoms with Crippen LogP contribution in [-0.2, 0) is 16.0 Å². The van der Waals surface area contributed by atoms with Crippen molar-refractivity contribution in [1.82, 2.24) is 5.16 Å². The summed E-state index contributed by atoms with van der Waals surface area (Å²) in [6.07, 6.45) is -3.80. The fourth-order valence-corrected chi connectivity index (χ4v) is 3.75. The number of benzene rings is 2. The molecule has 0 amide bonds. The van der Waals surface area contributed by atoms with Crippen LogP contribution in [0.2, 0.25) is 0 Å². The van der Waals surface area contributed by atoms with E-state index in [2.05, 4.69) is 5.16 Å². The topological polar surface area (TPSA) is 60.2 Å². The molecule has 0 radical (unpaired) electrons. The van der Waals surface area contributed by atoms with E-state index in [1.807, 2.05) is 0 Å². The van der Waals surface area contributed by atoms with Crippen molar-refractivity contribution in [3.63, 3.8) is 0 Å². The molecule has 4 nitrogen and oxygen atoms in total. The maximum atomic E-state index is 14.6. The Morgan fingerprint density at radius 2 is 1.66 bits per heavy atom. The third-order valence-corrected chi connectivity index (χ3v) is 5.47. The average Bonchev–Trinajstić information content (AvgIpc) is 2.95. The predicted octanol–water partition coefficient (Wildman–Crippen LogP) is 5.33. The molecule has 29 heavy (non-hydrogen) atoms. The van der Waals surface area contributed by atoms with Gasteiger partial charge >= 0.3 is 6.18 Å². The molecule has 0 N–H and O–H groups in total. The summed E-state index contributed by atoms with van der Waals surface area (Å²) in [6, 6.07) is 4.47. The van der Waals surface area contributed by atoms with E-state index in [9.17, 15) is 30.4 Å². The van der Waals surface area contributed by atoms with Gasteiger partial charge in [-0.3, -0.25) is 0 Å². The van der Waals surface area contributed by atoms with Gasteiger partial charge in [-0.25, -0.2) is 17.2 Å². The lowest BCUT2D eigenvalue weighted by Gasteiger charge is -2.12. The zero-order chi connectivity index (χ0) is 21.7. The van der Waals surface area contributed by atoms with Crippen molar-refractivity contribution >= 4 is 9.84 Å². The fraction of sp³-hybridized carbons (Fsp3) is 0.211. The number of alkyl halides is 3. The highest BCUT2D eigenvalue weighted by molar-refractivity contribution is 7.90. The molecule has 3 rings (SSSR count). The van der Waals surface area contributed by atoms with Crippen LogP contribution in [0.4, 0.5) is 22.0 Å². The van der Waals surface area contributed by atoms with E-state index >= 15 is 0 Å². The van der Waals surface area contributed by atoms with Crippen LogP contribution in [0.5, 0.6) is 0 Å². The highest BCUT2D eigenvalue weighted by Crippen LogP contribution is 2.39. The Morgan fingerprint density at radius 1 is 1.00 bits per heavy atom. The van der Waals surface area contributed by atoms with Crippen LogP contribution in [0.25, 0.3) is 22.4 Å². The van der Waals surface area contributed by atoms with Crippen molar-refractivity contribution in [2.75, 3.05) is 6.26 Å². The van der Waals surface area contributed by atoms with Crippen LogP contribution >= 0.6 is 0 Å². The molecule has 0 aliphatic rings. The SMILES string of the molecule is Cc1cc(-c2noc(C)c2-c2cc(F)c(S(C)(=O)=O)cc2F)ccc1C(F)(F)F. The molecule has 0 aliphatic heterocycles. The maximum Gasteiger partial charge on any atom is 0.416 e. The summed E-state index contributed by atoms with van der Waals surface area (Å²) in [5, 5.41) is 3.77. The predicted molar refractivity (Wildman–Crippen MR) is 94.9 cm³/mol. The van der Waals surface area contributed by atoms with Crippen LogP contribution in [0.1, 0.15) is 16.9 Å². The standard InChI is InChI=1S/C19H14F5NO3S/c1-9-6-11(4-5-13(9)19(22,23)24)18-17(10(2)28-25-18)12-7-15(21)16(8-14(12)20)29(3,26)27/h4-8H,1-3H3. The van der Waals surface area contributed by atoms with Crippen LogP contribution in [0, 0.1) is 25.5 Å². The molecule has 1 aromatic heterocycles. The van der Waals surface area contributed by atoms with Crippen molar-refractivity contribution in [3.05, 3.63) is 58.9 Å². The number of halogens is 5. The van der Waals surface area contributed by atoms with E-state index in [4.69, 9.17) is 4.52 Å². The first-order valence-electron chi connectivity index (χ1n) is 8.14. The molecule has 0 unspecified atom stereocenters. The van der Waals surface area contributed by atoms with Crippen molar-refractivity contribution in [2.24, 2.45) is 0 Å². The molecule has 0 aliphatic carbocycles. The summed E-state index contributed by atoms with van der Waals surface area (Å²) in [6.45, 7) is 2.69. The minimum Gasteiger partial charge on any atom is -0.360 e. The lowest BCUT2D eigenvalue weighted by molar-refractivity contribution is -0.138. The highest BCUT2D eigenvalue weighted by atomic mass is 32.2. The van der Waals surface area contributed by atoms with Crippen LogP contribution in [0.3, 0.4) is 0 Å². The molecular formula is C19H14F5NO3S. The number of aromatic nitrogens is 1. The van der Waals surface area contributed by atoms with Gasteiger partial charge in [-0.2, -0.15) is 13.2 Å². The zero-order valence-electron chi connectivity index (χ0n) is 15.4. The van der Waals surface area contributed by atoms with Crippen LogP contribution < -0.4 is 0 Å². The van der Waals surface area contributed by atoms with Gasteiger partial charge in [-0.1, -0.05) is 11.2 Å². The van der Waals surface area contributed by atoms with Gasteiger partial charge in [0.15, 0.2) is 9.84 Å². The second kappa shape index (κ2) is 6.94. The van der Waals surface area contributed by atoms with Crippen molar-refractivity contribution in [1.29, 1.82) is 0 Å². The summed E-state index contributed by atoms with van der Waals surface area (Å²) < 4.78 is 96.1. The lowest BCUT2D eigenvalue weighted by atomic mass is 9.96. The van der Waals surface area contributed by atoms with E-state index in [-0.39, 0.29) is 33.7 Å². The Bertz CT molecular complexity index is 1210. The first-order valence-corrected chi connectivity index (χ1v) is 10.0. The quantitative estimate of drug-likeness (QED) is 0.527. The molecule has 2 aromatic carbocycles. The van der Waals surface area contributed by atoms with Crippen molar-refractivity contribution in [3.8, 4) is 22.4 Å². The molecule has 154 valence electrons. The molecule has 0 fully saturated rings. The lowest BCUT2D eigenvalue weighted by Crippen LogP contribution is -2.07. The molecule has 0 saturated carbocycles. The molecule has 10 heteroatoms. The largest absolute Gasteiger partial charge is 0.416 e. The summed E-state index contributed by atoms with van der Waals surface area (Å²) in [5.74, 6) is -2.12. The highest BCUT2D eigenvalue weighted by Gasteiger charge is 2.32. The fourth-order valence-electron chi connectivity index (χ4n) is 3.02. The Labute approximate surface area is 162 Å². The zero-order valence-corrected chi connectivity index (χ0v) is 16.2. The Balaban J connectivity index is 2.20. The molecule has 0 bridgehead atoms. The van der Waals surface area contributed by atoms with E-state index in [1.165, 1.54) is 19.9 Å².